The Morgan fingerprint density at radius 1 is 1.10 bits per heavy atom. The van der Waals surface area contributed by atoms with E-state index in [2.05, 4.69) is 22.8 Å². The first kappa shape index (κ1) is 21.4. The summed E-state index contributed by atoms with van der Waals surface area (Å²) in [7, 11) is 0. The van der Waals surface area contributed by atoms with E-state index in [4.69, 9.17) is 0 Å². The zero-order chi connectivity index (χ0) is 21.7. The molecule has 1 amide bonds. The number of halogens is 3. The highest BCUT2D eigenvalue weighted by molar-refractivity contribution is 5.97. The molecule has 0 aromatic heterocycles. The van der Waals surface area contributed by atoms with Gasteiger partial charge in [0.25, 0.3) is 5.91 Å². The lowest BCUT2D eigenvalue weighted by atomic mass is 9.89. The van der Waals surface area contributed by atoms with Crippen molar-refractivity contribution in [2.75, 3.05) is 5.32 Å². The molecule has 0 bridgehead atoms. The van der Waals surface area contributed by atoms with Crippen LogP contribution in [0.3, 0.4) is 0 Å². The number of fused-ring (bicyclic) bond motifs is 1. The van der Waals surface area contributed by atoms with Crippen molar-refractivity contribution in [3.8, 4) is 6.07 Å². The van der Waals surface area contributed by atoms with E-state index in [1.54, 1.807) is 0 Å². The lowest BCUT2D eigenvalue weighted by Crippen LogP contribution is -2.28. The Kier molecular flexibility index (Phi) is 6.46. The maximum atomic E-state index is 12.6. The molecule has 1 unspecified atom stereocenters. The molecule has 156 valence electrons. The third kappa shape index (κ3) is 5.20. The Hall–Kier alpha value is -3.27. The van der Waals surface area contributed by atoms with Gasteiger partial charge in [-0.05, 0) is 73.6 Å². The van der Waals surface area contributed by atoms with Gasteiger partial charge in [-0.25, -0.2) is 0 Å². The molecule has 1 aliphatic rings. The lowest BCUT2D eigenvalue weighted by Gasteiger charge is -2.20. The maximum absolute atomic E-state index is 12.6. The summed E-state index contributed by atoms with van der Waals surface area (Å²) in [6.07, 6.45) is 1.24. The second-order valence-corrected chi connectivity index (χ2v) is 7.32. The van der Waals surface area contributed by atoms with Gasteiger partial charge in [0.2, 0.25) is 0 Å². The number of amides is 1. The zero-order valence-corrected chi connectivity index (χ0v) is 16.5. The molecule has 0 radical (unpaired) electrons. The topological polar surface area (TPSA) is 64.9 Å². The average molecular weight is 413 g/mol. The van der Waals surface area contributed by atoms with Crippen LogP contribution in [0, 0.1) is 11.3 Å². The number of benzene rings is 2. The predicted octanol–water partition coefficient (Wildman–Crippen LogP) is 5.28. The zero-order valence-electron chi connectivity index (χ0n) is 16.5. The third-order valence-electron chi connectivity index (χ3n) is 5.18. The van der Waals surface area contributed by atoms with E-state index >= 15 is 0 Å². The van der Waals surface area contributed by atoms with Gasteiger partial charge in [0.15, 0.2) is 0 Å². The molecule has 0 heterocycles. The Balaban J connectivity index is 1.65. The van der Waals surface area contributed by atoms with Gasteiger partial charge in [-0.3, -0.25) is 4.79 Å². The number of anilines is 1. The molecule has 0 spiro atoms. The van der Waals surface area contributed by atoms with Crippen molar-refractivity contribution in [1.82, 2.24) is 5.32 Å². The SMILES string of the molecule is CC(NC(=O)/C(C#N)=C\Nc1ccc(C(F)(F)F)cc1)c1ccc2c(c1)CCCC2. The van der Waals surface area contributed by atoms with Crippen LogP contribution in [0.5, 0.6) is 0 Å². The predicted molar refractivity (Wildman–Crippen MR) is 108 cm³/mol. The second kappa shape index (κ2) is 9.04. The van der Waals surface area contributed by atoms with Crippen molar-refractivity contribution in [1.29, 1.82) is 5.26 Å². The average Bonchev–Trinajstić information content (AvgIpc) is 2.73. The standard InChI is InChI=1S/C23H22F3N3O/c1-15(17-7-6-16-4-2-3-5-18(16)12-17)29-22(30)19(13-27)14-28-21-10-8-20(9-11-21)23(24,25)26/h6-12,14-15,28H,2-5H2,1H3,(H,29,30)/b19-14-. The summed E-state index contributed by atoms with van der Waals surface area (Å²) >= 11 is 0. The number of rotatable bonds is 5. The number of nitriles is 1. The minimum absolute atomic E-state index is 0.167. The van der Waals surface area contributed by atoms with Crippen molar-refractivity contribution in [2.45, 2.75) is 44.8 Å². The molecule has 3 rings (SSSR count). The summed E-state index contributed by atoms with van der Waals surface area (Å²) in [6, 6.07) is 12.1. The van der Waals surface area contributed by atoms with Gasteiger partial charge in [-0.2, -0.15) is 18.4 Å². The number of nitrogens with zero attached hydrogens (tertiary/aromatic N) is 1. The fraction of sp³-hybridized carbons (Fsp3) is 0.304. The van der Waals surface area contributed by atoms with Crippen molar-refractivity contribution in [2.24, 2.45) is 0 Å². The minimum Gasteiger partial charge on any atom is -0.360 e. The summed E-state index contributed by atoms with van der Waals surface area (Å²) in [5.41, 5.74) is 3.03. The number of nitrogens with one attached hydrogen (secondary N) is 2. The van der Waals surface area contributed by atoms with Crippen LogP contribution in [0.4, 0.5) is 18.9 Å². The van der Waals surface area contributed by atoms with E-state index in [1.807, 2.05) is 19.1 Å². The third-order valence-corrected chi connectivity index (χ3v) is 5.18. The Bertz CT molecular complexity index is 988. The number of carbonyl (C=O) groups is 1. The van der Waals surface area contributed by atoms with Crippen molar-refractivity contribution in [3.05, 3.63) is 76.5 Å². The van der Waals surface area contributed by atoms with E-state index in [0.29, 0.717) is 5.69 Å². The number of alkyl halides is 3. The van der Waals surface area contributed by atoms with E-state index in [-0.39, 0.29) is 11.6 Å². The van der Waals surface area contributed by atoms with E-state index in [9.17, 15) is 23.2 Å². The molecule has 0 saturated carbocycles. The molecule has 0 saturated heterocycles. The molecule has 7 heteroatoms. The normalized spacial score (nSPS) is 15.0. The molecule has 1 aliphatic carbocycles. The molecule has 4 nitrogen and oxygen atoms in total. The van der Waals surface area contributed by atoms with Gasteiger partial charge in [0.05, 0.1) is 11.6 Å². The highest BCUT2D eigenvalue weighted by atomic mass is 19.4. The molecule has 0 aliphatic heterocycles. The quantitative estimate of drug-likeness (QED) is 0.518. The summed E-state index contributed by atoms with van der Waals surface area (Å²) in [6.45, 7) is 1.85. The van der Waals surface area contributed by atoms with Gasteiger partial charge in [-0.1, -0.05) is 18.2 Å². The van der Waals surface area contributed by atoms with Crippen LogP contribution >= 0.6 is 0 Å². The number of hydrogen-bond donors (Lipinski definition) is 2. The summed E-state index contributed by atoms with van der Waals surface area (Å²) in [5, 5.41) is 14.8. The number of hydrogen-bond acceptors (Lipinski definition) is 3. The fourth-order valence-electron chi connectivity index (χ4n) is 3.44. The van der Waals surface area contributed by atoms with Crippen LogP contribution < -0.4 is 10.6 Å². The maximum Gasteiger partial charge on any atom is 0.416 e. The summed E-state index contributed by atoms with van der Waals surface area (Å²) < 4.78 is 37.9. The first-order chi connectivity index (χ1) is 14.3. The molecular formula is C23H22F3N3O. The van der Waals surface area contributed by atoms with Crippen LogP contribution in [-0.4, -0.2) is 5.91 Å². The monoisotopic (exact) mass is 413 g/mol. The highest BCUT2D eigenvalue weighted by Crippen LogP contribution is 2.30. The van der Waals surface area contributed by atoms with Crippen molar-refractivity contribution < 1.29 is 18.0 Å². The summed E-state index contributed by atoms with van der Waals surface area (Å²) in [4.78, 5) is 12.5. The Labute approximate surface area is 173 Å². The fourth-order valence-corrected chi connectivity index (χ4v) is 3.44. The van der Waals surface area contributed by atoms with E-state index < -0.39 is 17.6 Å². The van der Waals surface area contributed by atoms with Crippen LogP contribution in [0.25, 0.3) is 0 Å². The molecule has 2 aromatic carbocycles. The first-order valence-corrected chi connectivity index (χ1v) is 9.74. The smallest absolute Gasteiger partial charge is 0.360 e. The first-order valence-electron chi connectivity index (χ1n) is 9.74. The van der Waals surface area contributed by atoms with Gasteiger partial charge in [0, 0.05) is 11.9 Å². The van der Waals surface area contributed by atoms with Crippen LogP contribution in [0.2, 0.25) is 0 Å². The molecular weight excluding hydrogens is 391 g/mol. The van der Waals surface area contributed by atoms with E-state index in [1.165, 1.54) is 35.9 Å². The largest absolute Gasteiger partial charge is 0.416 e. The highest BCUT2D eigenvalue weighted by Gasteiger charge is 2.29. The van der Waals surface area contributed by atoms with Gasteiger partial charge in [-0.15, -0.1) is 0 Å². The molecule has 1 atom stereocenters. The number of carbonyl (C=O) groups excluding carboxylic acids is 1. The lowest BCUT2D eigenvalue weighted by molar-refractivity contribution is -0.137. The molecule has 2 N–H and O–H groups in total. The van der Waals surface area contributed by atoms with Crippen LogP contribution in [0.1, 0.15) is 48.1 Å². The Morgan fingerprint density at radius 2 is 1.77 bits per heavy atom. The van der Waals surface area contributed by atoms with Gasteiger partial charge >= 0.3 is 6.18 Å². The van der Waals surface area contributed by atoms with Gasteiger partial charge < -0.3 is 10.6 Å². The minimum atomic E-state index is -4.42. The molecule has 0 fully saturated rings. The molecule has 2 aromatic rings. The summed E-state index contributed by atoms with van der Waals surface area (Å²) in [5.74, 6) is -0.554. The van der Waals surface area contributed by atoms with Gasteiger partial charge in [0.1, 0.15) is 11.6 Å². The second-order valence-electron chi connectivity index (χ2n) is 7.32. The van der Waals surface area contributed by atoms with Crippen LogP contribution in [-0.2, 0) is 23.8 Å². The van der Waals surface area contributed by atoms with Crippen molar-refractivity contribution >= 4 is 11.6 Å². The van der Waals surface area contributed by atoms with Crippen molar-refractivity contribution in [3.63, 3.8) is 0 Å². The Morgan fingerprint density at radius 3 is 2.40 bits per heavy atom. The number of aryl methyl sites for hydroxylation is 2. The van der Waals surface area contributed by atoms with Crippen LogP contribution in [0.15, 0.2) is 54.2 Å². The molecule has 30 heavy (non-hydrogen) atoms. The van der Waals surface area contributed by atoms with E-state index in [0.717, 1.165) is 37.0 Å².